The maximum Gasteiger partial charge on any atom is 0.243 e. The molecule has 1 unspecified atom stereocenters. The van der Waals surface area contributed by atoms with Gasteiger partial charge in [-0.25, -0.2) is 17.2 Å². The van der Waals surface area contributed by atoms with Crippen LogP contribution < -0.4 is 19.1 Å². The molecule has 0 saturated heterocycles. The number of nitrogens with one attached hydrogen (secondary N) is 1. The fourth-order valence-electron chi connectivity index (χ4n) is 3.12. The Morgan fingerprint density at radius 1 is 1.06 bits per heavy atom. The van der Waals surface area contributed by atoms with Gasteiger partial charge in [0.25, 0.3) is 0 Å². The zero-order valence-corrected chi connectivity index (χ0v) is 18.6. The van der Waals surface area contributed by atoms with Crippen molar-refractivity contribution in [2.45, 2.75) is 25.8 Å². The number of methoxy groups -OCH3 is 2. The third-order valence-electron chi connectivity index (χ3n) is 4.64. The Morgan fingerprint density at radius 2 is 1.74 bits per heavy atom. The van der Waals surface area contributed by atoms with Gasteiger partial charge in [-0.15, -0.1) is 0 Å². The minimum absolute atomic E-state index is 0.130. The molecule has 0 aliphatic heterocycles. The molecule has 0 heterocycles. The first-order valence-corrected chi connectivity index (χ1v) is 11.4. The average Bonchev–Trinajstić information content (AvgIpc) is 2.72. The molecule has 0 spiro atoms. The van der Waals surface area contributed by atoms with Crippen molar-refractivity contribution in [3.63, 3.8) is 0 Å². The van der Waals surface area contributed by atoms with Crippen LogP contribution in [-0.4, -0.2) is 47.4 Å². The number of benzene rings is 2. The Balaban J connectivity index is 2.00. The van der Waals surface area contributed by atoms with Gasteiger partial charge in [0.05, 0.1) is 26.2 Å². The molecule has 0 saturated carbocycles. The third kappa shape index (κ3) is 6.30. The lowest BCUT2D eigenvalue weighted by atomic mass is 10.1. The van der Waals surface area contributed by atoms with Gasteiger partial charge in [0.1, 0.15) is 6.04 Å². The average molecular weight is 457 g/mol. The van der Waals surface area contributed by atoms with E-state index in [1.165, 1.54) is 6.92 Å². The molecule has 2 aromatic rings. The Morgan fingerprint density at radius 3 is 2.32 bits per heavy atom. The number of carbonyl (C=O) groups is 1. The number of amides is 1. The molecule has 0 radical (unpaired) electrons. The van der Waals surface area contributed by atoms with Gasteiger partial charge in [0, 0.05) is 12.6 Å². The second-order valence-electron chi connectivity index (χ2n) is 6.92. The predicted molar refractivity (Wildman–Crippen MR) is 114 cm³/mol. The van der Waals surface area contributed by atoms with Crippen LogP contribution in [0.2, 0.25) is 0 Å². The van der Waals surface area contributed by atoms with Crippen molar-refractivity contribution in [2.75, 3.05) is 31.3 Å². The minimum atomic E-state index is -3.92. The number of carbonyl (C=O) groups excluding carboxylic acids is 1. The molecule has 10 heteroatoms. The van der Waals surface area contributed by atoms with Crippen LogP contribution in [0.3, 0.4) is 0 Å². The topological polar surface area (TPSA) is 84.9 Å². The lowest BCUT2D eigenvalue weighted by Crippen LogP contribution is -2.48. The summed E-state index contributed by atoms with van der Waals surface area (Å²) in [4.78, 5) is 12.5. The maximum absolute atomic E-state index is 13.6. The number of rotatable bonds is 10. The van der Waals surface area contributed by atoms with Crippen LogP contribution in [0.15, 0.2) is 36.4 Å². The molecule has 0 aromatic heterocycles. The molecule has 0 fully saturated rings. The van der Waals surface area contributed by atoms with Crippen LogP contribution in [0.4, 0.5) is 14.5 Å². The first kappa shape index (κ1) is 24.4. The summed E-state index contributed by atoms with van der Waals surface area (Å²) in [6, 6.07) is 7.05. The van der Waals surface area contributed by atoms with Crippen molar-refractivity contribution in [1.29, 1.82) is 0 Å². The minimum Gasteiger partial charge on any atom is -0.493 e. The number of halogens is 2. The fourth-order valence-corrected chi connectivity index (χ4v) is 4.29. The summed E-state index contributed by atoms with van der Waals surface area (Å²) in [5, 5.41) is 2.68. The summed E-state index contributed by atoms with van der Waals surface area (Å²) in [7, 11) is -0.827. The molecule has 31 heavy (non-hydrogen) atoms. The van der Waals surface area contributed by atoms with Gasteiger partial charge in [-0.05, 0) is 49.6 Å². The second-order valence-corrected chi connectivity index (χ2v) is 8.78. The molecule has 7 nitrogen and oxygen atoms in total. The van der Waals surface area contributed by atoms with Crippen LogP contribution in [-0.2, 0) is 21.2 Å². The van der Waals surface area contributed by atoms with E-state index in [-0.39, 0.29) is 5.69 Å². The zero-order valence-electron chi connectivity index (χ0n) is 17.8. The summed E-state index contributed by atoms with van der Waals surface area (Å²) < 4.78 is 62.4. The van der Waals surface area contributed by atoms with Crippen molar-refractivity contribution < 1.29 is 31.5 Å². The molecule has 2 aromatic carbocycles. The largest absolute Gasteiger partial charge is 0.493 e. The lowest BCUT2D eigenvalue weighted by Gasteiger charge is -2.28. The first-order chi connectivity index (χ1) is 14.6. The molecule has 1 N–H and O–H groups in total. The molecule has 0 aliphatic carbocycles. The van der Waals surface area contributed by atoms with Gasteiger partial charge >= 0.3 is 0 Å². The van der Waals surface area contributed by atoms with E-state index in [0.29, 0.717) is 30.9 Å². The number of hydrogen-bond donors (Lipinski definition) is 1. The smallest absolute Gasteiger partial charge is 0.243 e. The highest BCUT2D eigenvalue weighted by atomic mass is 32.2. The number of hydrogen-bond acceptors (Lipinski definition) is 5. The summed E-state index contributed by atoms with van der Waals surface area (Å²) in [6.45, 7) is 1.68. The Kier molecular flexibility index (Phi) is 8.21. The van der Waals surface area contributed by atoms with Crippen LogP contribution in [0.5, 0.6) is 11.5 Å². The van der Waals surface area contributed by atoms with Crippen molar-refractivity contribution in [2.24, 2.45) is 0 Å². The Labute approximate surface area is 181 Å². The van der Waals surface area contributed by atoms with Crippen molar-refractivity contribution in [3.05, 3.63) is 53.6 Å². The Bertz CT molecular complexity index is 1030. The van der Waals surface area contributed by atoms with Gasteiger partial charge in [-0.2, -0.15) is 0 Å². The van der Waals surface area contributed by atoms with E-state index in [1.54, 1.807) is 20.3 Å². The van der Waals surface area contributed by atoms with Crippen LogP contribution in [0, 0.1) is 11.6 Å². The fraction of sp³-hybridized carbons (Fsp3) is 0.381. The van der Waals surface area contributed by atoms with Gasteiger partial charge in [0.2, 0.25) is 15.9 Å². The van der Waals surface area contributed by atoms with Crippen molar-refractivity contribution in [3.8, 4) is 11.5 Å². The molecular weight excluding hydrogens is 430 g/mol. The lowest BCUT2D eigenvalue weighted by molar-refractivity contribution is -0.121. The van der Waals surface area contributed by atoms with E-state index in [9.17, 15) is 22.0 Å². The highest BCUT2D eigenvalue weighted by molar-refractivity contribution is 7.92. The maximum atomic E-state index is 13.6. The first-order valence-electron chi connectivity index (χ1n) is 9.51. The van der Waals surface area contributed by atoms with Crippen molar-refractivity contribution in [1.82, 2.24) is 5.32 Å². The molecular formula is C21H26F2N2O5S. The van der Waals surface area contributed by atoms with Crippen LogP contribution >= 0.6 is 0 Å². The molecule has 0 aliphatic rings. The summed E-state index contributed by atoms with van der Waals surface area (Å²) in [5.74, 6) is -1.64. The van der Waals surface area contributed by atoms with Crippen LogP contribution in [0.25, 0.3) is 0 Å². The highest BCUT2D eigenvalue weighted by Gasteiger charge is 2.29. The third-order valence-corrected chi connectivity index (χ3v) is 5.88. The zero-order chi connectivity index (χ0) is 23.2. The number of anilines is 1. The van der Waals surface area contributed by atoms with E-state index in [0.717, 1.165) is 34.3 Å². The van der Waals surface area contributed by atoms with E-state index < -0.39 is 33.6 Å². The Hall–Kier alpha value is -2.88. The highest BCUT2D eigenvalue weighted by Crippen LogP contribution is 2.28. The van der Waals surface area contributed by atoms with E-state index in [2.05, 4.69) is 5.32 Å². The van der Waals surface area contributed by atoms with Crippen LogP contribution in [0.1, 0.15) is 18.9 Å². The second kappa shape index (κ2) is 10.4. The molecule has 1 amide bonds. The van der Waals surface area contributed by atoms with Gasteiger partial charge in [-0.3, -0.25) is 9.10 Å². The molecule has 170 valence electrons. The predicted octanol–water partition coefficient (Wildman–Crippen LogP) is 2.89. The van der Waals surface area contributed by atoms with Gasteiger partial charge in [-0.1, -0.05) is 6.07 Å². The summed E-state index contributed by atoms with van der Waals surface area (Å²) >= 11 is 0. The quantitative estimate of drug-likeness (QED) is 0.556. The van der Waals surface area contributed by atoms with Gasteiger partial charge in [0.15, 0.2) is 23.1 Å². The molecule has 2 rings (SSSR count). The summed E-state index contributed by atoms with van der Waals surface area (Å²) in [5.41, 5.74) is 0.855. The van der Waals surface area contributed by atoms with Gasteiger partial charge < -0.3 is 14.8 Å². The standard InChI is InChI=1S/C21H26F2N2O5S/c1-14(25(31(4,27)28)16-8-9-17(22)18(23)13-16)21(26)24-11-5-6-15-7-10-19(29-2)20(12-15)30-3/h7-10,12-14H,5-6,11H2,1-4H3,(H,24,26). The SMILES string of the molecule is COc1ccc(CCCNC(=O)C(C)N(c2ccc(F)c(F)c2)S(C)(=O)=O)cc1OC. The molecule has 0 bridgehead atoms. The van der Waals surface area contributed by atoms with E-state index in [4.69, 9.17) is 9.47 Å². The number of sulfonamides is 1. The monoisotopic (exact) mass is 456 g/mol. The summed E-state index contributed by atoms with van der Waals surface area (Å²) in [6.07, 6.45) is 2.14. The normalized spacial score (nSPS) is 12.2. The van der Waals surface area contributed by atoms with E-state index >= 15 is 0 Å². The number of ether oxygens (including phenoxy) is 2. The van der Waals surface area contributed by atoms with E-state index in [1.807, 2.05) is 12.1 Å². The molecule has 1 atom stereocenters. The van der Waals surface area contributed by atoms with Crippen molar-refractivity contribution >= 4 is 21.6 Å². The number of nitrogens with zero attached hydrogens (tertiary/aromatic N) is 1. The number of aryl methyl sites for hydroxylation is 1.